The van der Waals surface area contributed by atoms with Gasteiger partial charge in [0.25, 0.3) is 0 Å². The minimum Gasteiger partial charge on any atom is -0.465 e. The number of methoxy groups -OCH3 is 2. The van der Waals surface area contributed by atoms with Crippen LogP contribution in [0.4, 0.5) is 0 Å². The van der Waals surface area contributed by atoms with Crippen molar-refractivity contribution in [1.82, 2.24) is 4.90 Å². The van der Waals surface area contributed by atoms with Crippen LogP contribution in [-0.4, -0.2) is 44.1 Å². The average molecular weight is 414 g/mol. The summed E-state index contributed by atoms with van der Waals surface area (Å²) in [5.41, 5.74) is 4.81. The van der Waals surface area contributed by atoms with Crippen molar-refractivity contribution in [2.24, 2.45) is 5.92 Å². The van der Waals surface area contributed by atoms with E-state index in [4.69, 9.17) is 21.1 Å². The van der Waals surface area contributed by atoms with Gasteiger partial charge in [-0.25, -0.2) is 9.59 Å². The van der Waals surface area contributed by atoms with E-state index in [0.29, 0.717) is 11.1 Å². The third-order valence-electron chi connectivity index (χ3n) is 5.88. The van der Waals surface area contributed by atoms with Gasteiger partial charge in [-0.2, -0.15) is 0 Å². The third-order valence-corrected chi connectivity index (χ3v) is 6.12. The van der Waals surface area contributed by atoms with Crippen LogP contribution in [-0.2, 0) is 25.5 Å². The van der Waals surface area contributed by atoms with Crippen molar-refractivity contribution in [3.8, 4) is 0 Å². The molecule has 6 heteroatoms. The van der Waals surface area contributed by atoms with E-state index in [1.165, 1.54) is 19.8 Å². The molecule has 4 rings (SSSR count). The van der Waals surface area contributed by atoms with Crippen LogP contribution in [0.2, 0.25) is 5.02 Å². The summed E-state index contributed by atoms with van der Waals surface area (Å²) in [6.07, 6.45) is 7.45. The fourth-order valence-corrected chi connectivity index (χ4v) is 4.74. The Kier molecular flexibility index (Phi) is 5.50. The molecule has 2 aliphatic heterocycles. The van der Waals surface area contributed by atoms with Crippen LogP contribution in [0.1, 0.15) is 30.4 Å². The number of esters is 2. The maximum atomic E-state index is 12.9. The molecular formula is C23H24ClNO4. The fourth-order valence-electron chi connectivity index (χ4n) is 4.55. The van der Waals surface area contributed by atoms with E-state index >= 15 is 0 Å². The lowest BCUT2D eigenvalue weighted by molar-refractivity contribution is -0.139. The zero-order valence-corrected chi connectivity index (χ0v) is 17.4. The number of nitrogens with zero attached hydrogens (tertiary/aromatic N) is 1. The minimum atomic E-state index is -0.508. The second-order valence-electron chi connectivity index (χ2n) is 7.61. The molecule has 0 N–H and O–H groups in total. The Balaban J connectivity index is 1.94. The third kappa shape index (κ3) is 3.60. The summed E-state index contributed by atoms with van der Waals surface area (Å²) in [5.74, 6) is -0.771. The van der Waals surface area contributed by atoms with E-state index in [1.807, 2.05) is 24.3 Å². The van der Waals surface area contributed by atoms with E-state index < -0.39 is 11.9 Å². The zero-order valence-electron chi connectivity index (χ0n) is 16.7. The highest BCUT2D eigenvalue weighted by atomic mass is 35.5. The molecule has 1 aromatic rings. The molecule has 3 aliphatic rings. The first-order valence-corrected chi connectivity index (χ1v) is 10.3. The van der Waals surface area contributed by atoms with E-state index in [9.17, 15) is 9.59 Å². The molecule has 1 fully saturated rings. The Morgan fingerprint density at radius 1 is 1.14 bits per heavy atom. The summed E-state index contributed by atoms with van der Waals surface area (Å²) in [7, 11) is 2.69. The lowest BCUT2D eigenvalue weighted by Gasteiger charge is -2.23. The van der Waals surface area contributed by atoms with Gasteiger partial charge in [0.05, 0.1) is 31.1 Å². The van der Waals surface area contributed by atoms with Crippen molar-refractivity contribution >= 4 is 29.6 Å². The highest BCUT2D eigenvalue weighted by molar-refractivity contribution is 6.30. The molecule has 1 aliphatic carbocycles. The predicted octanol–water partition coefficient (Wildman–Crippen LogP) is 3.92. The van der Waals surface area contributed by atoms with Crippen molar-refractivity contribution < 1.29 is 19.1 Å². The molecule has 1 unspecified atom stereocenters. The van der Waals surface area contributed by atoms with Crippen LogP contribution < -0.4 is 0 Å². The largest absolute Gasteiger partial charge is 0.465 e. The molecule has 1 atom stereocenters. The Hall–Kier alpha value is -2.53. The first-order chi connectivity index (χ1) is 14.0. The number of benzene rings is 1. The number of hydrogen-bond acceptors (Lipinski definition) is 5. The first-order valence-electron chi connectivity index (χ1n) is 9.90. The van der Waals surface area contributed by atoms with Gasteiger partial charge in [0.1, 0.15) is 0 Å². The van der Waals surface area contributed by atoms with Gasteiger partial charge in [-0.05, 0) is 60.6 Å². The van der Waals surface area contributed by atoms with E-state index in [1.54, 1.807) is 0 Å². The molecule has 0 aromatic heterocycles. The maximum absolute atomic E-state index is 12.9. The smallest absolute Gasteiger partial charge is 0.340 e. The Bertz CT molecular complexity index is 960. The number of rotatable bonds is 2. The lowest BCUT2D eigenvalue weighted by Crippen LogP contribution is -2.25. The summed E-state index contributed by atoms with van der Waals surface area (Å²) in [4.78, 5) is 27.7. The van der Waals surface area contributed by atoms with Gasteiger partial charge in [0.2, 0.25) is 0 Å². The van der Waals surface area contributed by atoms with Crippen molar-refractivity contribution in [2.75, 3.05) is 27.3 Å². The number of fused-ring (bicyclic) bond motifs is 4. The average Bonchev–Trinajstić information content (AvgIpc) is 3.09. The number of allylic oxidation sites excluding steroid dienone is 2. The van der Waals surface area contributed by atoms with E-state index in [2.05, 4.69) is 11.0 Å². The van der Waals surface area contributed by atoms with Gasteiger partial charge in [-0.1, -0.05) is 23.7 Å². The van der Waals surface area contributed by atoms with Gasteiger partial charge < -0.3 is 14.4 Å². The van der Waals surface area contributed by atoms with Crippen LogP contribution in [0.25, 0.3) is 6.08 Å². The number of hydrogen-bond donors (Lipinski definition) is 0. The SMILES string of the molecule is COC(=O)C1=C/CCCCN2CC3Cc4cc(Cl)ccc4C=C3\C2=C\1C(=O)OC. The summed E-state index contributed by atoms with van der Waals surface area (Å²) in [6, 6.07) is 5.90. The normalized spacial score (nSPS) is 25.2. The molecule has 0 saturated carbocycles. The van der Waals surface area contributed by atoms with Crippen molar-refractivity contribution in [2.45, 2.75) is 25.7 Å². The molecule has 0 bridgehead atoms. The topological polar surface area (TPSA) is 55.8 Å². The molecule has 29 heavy (non-hydrogen) atoms. The second-order valence-corrected chi connectivity index (χ2v) is 8.05. The van der Waals surface area contributed by atoms with Gasteiger partial charge >= 0.3 is 11.9 Å². The minimum absolute atomic E-state index is 0.244. The van der Waals surface area contributed by atoms with E-state index in [0.717, 1.165) is 60.6 Å². The molecule has 0 radical (unpaired) electrons. The van der Waals surface area contributed by atoms with Crippen LogP contribution >= 0.6 is 11.6 Å². The molecule has 1 saturated heterocycles. The number of carbonyl (C=O) groups excluding carboxylic acids is 2. The summed E-state index contributed by atoms with van der Waals surface area (Å²) < 4.78 is 10.1. The second kappa shape index (κ2) is 8.07. The van der Waals surface area contributed by atoms with Gasteiger partial charge in [-0.15, -0.1) is 0 Å². The molecule has 0 amide bonds. The fraction of sp³-hybridized carbons (Fsp3) is 0.391. The monoisotopic (exact) mass is 413 g/mol. The quantitative estimate of drug-likeness (QED) is 0.688. The predicted molar refractivity (Wildman–Crippen MR) is 111 cm³/mol. The Morgan fingerprint density at radius 2 is 1.93 bits per heavy atom. The van der Waals surface area contributed by atoms with Crippen LogP contribution in [0.5, 0.6) is 0 Å². The Labute approximate surface area is 175 Å². The van der Waals surface area contributed by atoms with Crippen molar-refractivity contribution in [3.05, 3.63) is 62.8 Å². The molecule has 5 nitrogen and oxygen atoms in total. The number of halogens is 1. The van der Waals surface area contributed by atoms with Gasteiger partial charge in [-0.3, -0.25) is 0 Å². The van der Waals surface area contributed by atoms with Crippen molar-refractivity contribution in [3.63, 3.8) is 0 Å². The summed E-state index contributed by atoms with van der Waals surface area (Å²) in [6.45, 7) is 1.64. The summed E-state index contributed by atoms with van der Waals surface area (Å²) in [5, 5.41) is 0.729. The maximum Gasteiger partial charge on any atom is 0.340 e. The number of carbonyl (C=O) groups is 2. The summed E-state index contributed by atoms with van der Waals surface area (Å²) >= 11 is 6.20. The number of ether oxygens (including phenoxy) is 2. The van der Waals surface area contributed by atoms with Crippen LogP contribution in [0.15, 0.2) is 46.7 Å². The standard InChI is InChI=1S/C23H24ClNO4/c1-28-22(26)18-6-4-3-5-9-25-13-16-10-15-11-17(24)8-7-14(15)12-19(16)21(25)20(18)23(27)29-2/h6-8,11-12,16H,3-5,9-10,13H2,1-2H3/b18-6+,21-20+. The van der Waals surface area contributed by atoms with Crippen LogP contribution in [0, 0.1) is 5.92 Å². The molecule has 0 spiro atoms. The highest BCUT2D eigenvalue weighted by Gasteiger charge is 2.40. The van der Waals surface area contributed by atoms with Crippen LogP contribution in [0.3, 0.4) is 0 Å². The first kappa shape index (κ1) is 19.8. The molecule has 2 heterocycles. The molecule has 1 aromatic carbocycles. The molecule has 152 valence electrons. The van der Waals surface area contributed by atoms with Gasteiger partial charge in [0, 0.05) is 24.0 Å². The highest BCUT2D eigenvalue weighted by Crippen LogP contribution is 2.44. The van der Waals surface area contributed by atoms with Gasteiger partial charge in [0.15, 0.2) is 0 Å². The van der Waals surface area contributed by atoms with E-state index in [-0.39, 0.29) is 5.92 Å². The van der Waals surface area contributed by atoms with Crippen molar-refractivity contribution in [1.29, 1.82) is 0 Å². The zero-order chi connectivity index (χ0) is 20.5. The Morgan fingerprint density at radius 3 is 2.69 bits per heavy atom. The molecular weight excluding hydrogens is 390 g/mol. The lowest BCUT2D eigenvalue weighted by atomic mass is 9.83.